The van der Waals surface area contributed by atoms with E-state index in [9.17, 15) is 4.79 Å². The SMILES string of the molecule is CCCC(C)C(=O)C(Cl)(Cl)Cl. The first-order valence-electron chi connectivity index (χ1n) is 3.50. The fourth-order valence-corrected chi connectivity index (χ4v) is 1.40. The van der Waals surface area contributed by atoms with Gasteiger partial charge in [0.1, 0.15) is 0 Å². The van der Waals surface area contributed by atoms with Crippen LogP contribution in [0.3, 0.4) is 0 Å². The number of carbonyl (C=O) groups is 1. The fraction of sp³-hybridized carbons (Fsp3) is 0.857. The standard InChI is InChI=1S/C7H11Cl3O/c1-3-4-5(2)6(11)7(8,9)10/h5H,3-4H2,1-2H3. The second-order valence-electron chi connectivity index (χ2n) is 2.55. The van der Waals surface area contributed by atoms with Crippen LogP contribution in [-0.2, 0) is 4.79 Å². The summed E-state index contributed by atoms with van der Waals surface area (Å²) in [6.45, 7) is 3.76. The Labute approximate surface area is 82.0 Å². The minimum absolute atomic E-state index is 0.160. The van der Waals surface area contributed by atoms with Crippen LogP contribution < -0.4 is 0 Å². The largest absolute Gasteiger partial charge is 0.295 e. The molecule has 1 atom stereocenters. The number of halogens is 3. The van der Waals surface area contributed by atoms with Crippen molar-refractivity contribution in [1.29, 1.82) is 0 Å². The Morgan fingerprint density at radius 2 is 1.91 bits per heavy atom. The molecule has 4 heteroatoms. The van der Waals surface area contributed by atoms with E-state index in [1.807, 2.05) is 6.92 Å². The van der Waals surface area contributed by atoms with Crippen LogP contribution in [0.4, 0.5) is 0 Å². The van der Waals surface area contributed by atoms with E-state index in [0.29, 0.717) is 0 Å². The van der Waals surface area contributed by atoms with Crippen LogP contribution >= 0.6 is 34.8 Å². The summed E-state index contributed by atoms with van der Waals surface area (Å²) < 4.78 is -1.74. The average Bonchev–Trinajstić information content (AvgIpc) is 1.85. The van der Waals surface area contributed by atoms with Crippen molar-refractivity contribution >= 4 is 40.6 Å². The molecule has 1 nitrogen and oxygen atoms in total. The number of carbonyl (C=O) groups excluding carboxylic acids is 1. The lowest BCUT2D eigenvalue weighted by atomic mass is 10.0. The molecule has 0 aliphatic carbocycles. The molecule has 0 N–H and O–H groups in total. The predicted molar refractivity (Wildman–Crippen MR) is 49.4 cm³/mol. The molecule has 0 saturated heterocycles. The van der Waals surface area contributed by atoms with E-state index in [2.05, 4.69) is 0 Å². The van der Waals surface area contributed by atoms with Gasteiger partial charge in [0.05, 0.1) is 0 Å². The minimum Gasteiger partial charge on any atom is -0.295 e. The third kappa shape index (κ3) is 4.19. The Kier molecular flexibility index (Phi) is 4.76. The van der Waals surface area contributed by atoms with Crippen molar-refractivity contribution in [3.05, 3.63) is 0 Å². The zero-order chi connectivity index (χ0) is 9.07. The minimum atomic E-state index is -1.74. The van der Waals surface area contributed by atoms with E-state index in [0.717, 1.165) is 12.8 Å². The van der Waals surface area contributed by atoms with Gasteiger partial charge in [0, 0.05) is 5.92 Å². The number of ketones is 1. The molecule has 0 aliphatic heterocycles. The van der Waals surface area contributed by atoms with Gasteiger partial charge in [-0.2, -0.15) is 0 Å². The third-order valence-corrected chi connectivity index (χ3v) is 2.01. The molecule has 0 saturated carbocycles. The summed E-state index contributed by atoms with van der Waals surface area (Å²) in [4.78, 5) is 11.2. The van der Waals surface area contributed by atoms with Gasteiger partial charge in [-0.15, -0.1) is 0 Å². The maximum absolute atomic E-state index is 11.2. The van der Waals surface area contributed by atoms with Crippen LogP contribution in [0.25, 0.3) is 0 Å². The molecule has 0 fully saturated rings. The summed E-state index contributed by atoms with van der Waals surface area (Å²) in [6.07, 6.45) is 1.69. The Bertz CT molecular complexity index is 139. The topological polar surface area (TPSA) is 17.1 Å². The van der Waals surface area contributed by atoms with Crippen molar-refractivity contribution in [2.75, 3.05) is 0 Å². The van der Waals surface area contributed by atoms with Crippen molar-refractivity contribution in [1.82, 2.24) is 0 Å². The summed E-state index contributed by atoms with van der Waals surface area (Å²) in [5.41, 5.74) is 0. The smallest absolute Gasteiger partial charge is 0.248 e. The van der Waals surface area contributed by atoms with E-state index in [1.165, 1.54) is 0 Å². The highest BCUT2D eigenvalue weighted by atomic mass is 35.6. The summed E-state index contributed by atoms with van der Waals surface area (Å²) in [6, 6.07) is 0. The van der Waals surface area contributed by atoms with E-state index in [4.69, 9.17) is 34.8 Å². The van der Waals surface area contributed by atoms with Gasteiger partial charge in [0.25, 0.3) is 0 Å². The van der Waals surface area contributed by atoms with Crippen LogP contribution in [0.5, 0.6) is 0 Å². The summed E-state index contributed by atoms with van der Waals surface area (Å²) in [5.74, 6) is -0.475. The monoisotopic (exact) mass is 216 g/mol. The van der Waals surface area contributed by atoms with Crippen LogP contribution in [0.2, 0.25) is 0 Å². The molecular weight excluding hydrogens is 206 g/mol. The Hall–Kier alpha value is 0.540. The van der Waals surface area contributed by atoms with Gasteiger partial charge in [-0.25, -0.2) is 0 Å². The van der Waals surface area contributed by atoms with Gasteiger partial charge in [0.15, 0.2) is 5.78 Å². The molecule has 0 heterocycles. The Morgan fingerprint density at radius 3 is 2.18 bits per heavy atom. The average molecular weight is 218 g/mol. The zero-order valence-electron chi connectivity index (χ0n) is 6.53. The van der Waals surface area contributed by atoms with Gasteiger partial charge in [0.2, 0.25) is 3.79 Å². The van der Waals surface area contributed by atoms with Crippen molar-refractivity contribution in [3.63, 3.8) is 0 Å². The maximum Gasteiger partial charge on any atom is 0.248 e. The Morgan fingerprint density at radius 1 is 1.45 bits per heavy atom. The van der Waals surface area contributed by atoms with Gasteiger partial charge in [-0.3, -0.25) is 4.79 Å². The van der Waals surface area contributed by atoms with Gasteiger partial charge in [-0.1, -0.05) is 55.1 Å². The van der Waals surface area contributed by atoms with Crippen molar-refractivity contribution in [2.45, 2.75) is 30.5 Å². The molecule has 0 aliphatic rings. The highest BCUT2D eigenvalue weighted by Gasteiger charge is 2.33. The summed E-state index contributed by atoms with van der Waals surface area (Å²) in [7, 11) is 0. The summed E-state index contributed by atoms with van der Waals surface area (Å²) >= 11 is 16.2. The summed E-state index contributed by atoms with van der Waals surface area (Å²) in [5, 5.41) is 0. The number of hydrogen-bond acceptors (Lipinski definition) is 1. The van der Waals surface area contributed by atoms with Crippen LogP contribution in [-0.4, -0.2) is 9.58 Å². The Balaban J connectivity index is 4.03. The number of Topliss-reactive ketones (excluding diaryl/α,β-unsaturated/α-hetero) is 1. The third-order valence-electron chi connectivity index (χ3n) is 1.45. The van der Waals surface area contributed by atoms with Crippen molar-refractivity contribution in [2.24, 2.45) is 5.92 Å². The van der Waals surface area contributed by atoms with Crippen molar-refractivity contribution in [3.8, 4) is 0 Å². The molecule has 0 radical (unpaired) electrons. The van der Waals surface area contributed by atoms with Crippen LogP contribution in [0.15, 0.2) is 0 Å². The lowest BCUT2D eigenvalue weighted by Crippen LogP contribution is -2.25. The second-order valence-corrected chi connectivity index (χ2v) is 4.83. The molecule has 0 aromatic heterocycles. The normalized spacial score (nSPS) is 14.6. The molecule has 11 heavy (non-hydrogen) atoms. The second kappa shape index (κ2) is 4.54. The molecule has 0 rings (SSSR count). The van der Waals surface area contributed by atoms with E-state index in [-0.39, 0.29) is 11.7 Å². The lowest BCUT2D eigenvalue weighted by Gasteiger charge is -2.14. The van der Waals surface area contributed by atoms with Crippen LogP contribution in [0, 0.1) is 5.92 Å². The van der Waals surface area contributed by atoms with Crippen LogP contribution in [0.1, 0.15) is 26.7 Å². The molecule has 1 unspecified atom stereocenters. The maximum atomic E-state index is 11.2. The highest BCUT2D eigenvalue weighted by molar-refractivity contribution is 6.76. The van der Waals surface area contributed by atoms with E-state index >= 15 is 0 Å². The highest BCUT2D eigenvalue weighted by Crippen LogP contribution is 2.31. The molecular formula is C7H11Cl3O. The van der Waals surface area contributed by atoms with Gasteiger partial charge in [-0.05, 0) is 6.42 Å². The molecule has 0 amide bonds. The first-order chi connectivity index (χ1) is 4.89. The van der Waals surface area contributed by atoms with Crippen molar-refractivity contribution < 1.29 is 4.79 Å². The zero-order valence-corrected chi connectivity index (χ0v) is 8.80. The predicted octanol–water partition coefficient (Wildman–Crippen LogP) is 3.36. The molecule has 0 aromatic rings. The number of alkyl halides is 3. The van der Waals surface area contributed by atoms with E-state index in [1.54, 1.807) is 6.92 Å². The quantitative estimate of drug-likeness (QED) is 0.663. The van der Waals surface area contributed by atoms with Gasteiger partial charge >= 0.3 is 0 Å². The molecule has 0 spiro atoms. The fourth-order valence-electron chi connectivity index (χ4n) is 0.843. The molecule has 66 valence electrons. The first kappa shape index (κ1) is 11.5. The number of rotatable bonds is 3. The molecule has 0 aromatic carbocycles. The van der Waals surface area contributed by atoms with E-state index < -0.39 is 3.79 Å². The van der Waals surface area contributed by atoms with Gasteiger partial charge < -0.3 is 0 Å². The molecule has 0 bridgehead atoms. The lowest BCUT2D eigenvalue weighted by molar-refractivity contribution is -0.121. The number of hydrogen-bond donors (Lipinski definition) is 0. The first-order valence-corrected chi connectivity index (χ1v) is 4.64.